The zero-order valence-corrected chi connectivity index (χ0v) is 8.77. The lowest BCUT2D eigenvalue weighted by atomic mass is 10.1. The van der Waals surface area contributed by atoms with Crippen LogP contribution in [0.4, 0.5) is 4.39 Å². The Morgan fingerprint density at radius 3 is 2.47 bits per heavy atom. The molecule has 0 aliphatic carbocycles. The lowest BCUT2D eigenvalue weighted by Crippen LogP contribution is -2.13. The molecule has 0 aromatic heterocycles. The Hall–Kier alpha value is -1.13. The molecule has 0 radical (unpaired) electrons. The molecule has 2 atom stereocenters. The number of hydrogen-bond acceptors (Lipinski definition) is 3. The number of ether oxygens (including phenoxy) is 1. The molecule has 1 rings (SSSR count). The maximum atomic E-state index is 13.3. The number of aliphatic hydroxyl groups is 2. The summed E-state index contributed by atoms with van der Waals surface area (Å²) in [5.74, 6) is -0.161. The van der Waals surface area contributed by atoms with E-state index in [1.165, 1.54) is 19.1 Å². The molecule has 0 saturated heterocycles. The fourth-order valence-electron chi connectivity index (χ4n) is 1.15. The van der Waals surface area contributed by atoms with Gasteiger partial charge in [-0.05, 0) is 26.0 Å². The second kappa shape index (κ2) is 5.09. The van der Waals surface area contributed by atoms with Crippen molar-refractivity contribution in [1.82, 2.24) is 0 Å². The van der Waals surface area contributed by atoms with Crippen LogP contribution in [0.2, 0.25) is 0 Å². The van der Waals surface area contributed by atoms with E-state index in [4.69, 9.17) is 9.84 Å². The van der Waals surface area contributed by atoms with Crippen LogP contribution in [0.5, 0.6) is 5.75 Å². The molecule has 2 N–H and O–H groups in total. The standard InChI is InChI=1S/C11H15FO3/c1-7(13)6-15-9-3-4-10(8(2)14)11(12)5-9/h3-5,7-8,13-14H,6H2,1-2H3/t7?,8-/m1/s1. The van der Waals surface area contributed by atoms with E-state index in [9.17, 15) is 9.50 Å². The normalized spacial score (nSPS) is 14.7. The van der Waals surface area contributed by atoms with E-state index in [2.05, 4.69) is 0 Å². The summed E-state index contributed by atoms with van der Waals surface area (Å²) in [5, 5.41) is 18.2. The van der Waals surface area contributed by atoms with E-state index in [0.29, 0.717) is 5.75 Å². The Morgan fingerprint density at radius 1 is 1.33 bits per heavy atom. The van der Waals surface area contributed by atoms with Crippen molar-refractivity contribution in [3.63, 3.8) is 0 Å². The fraction of sp³-hybridized carbons (Fsp3) is 0.455. The first-order valence-corrected chi connectivity index (χ1v) is 4.79. The topological polar surface area (TPSA) is 49.7 Å². The first-order valence-electron chi connectivity index (χ1n) is 4.79. The highest BCUT2D eigenvalue weighted by molar-refractivity contribution is 5.29. The van der Waals surface area contributed by atoms with Gasteiger partial charge in [0.25, 0.3) is 0 Å². The van der Waals surface area contributed by atoms with E-state index < -0.39 is 18.0 Å². The first kappa shape index (κ1) is 11.9. The second-order valence-corrected chi connectivity index (χ2v) is 3.52. The van der Waals surface area contributed by atoms with Crippen LogP contribution in [0.3, 0.4) is 0 Å². The maximum absolute atomic E-state index is 13.3. The minimum Gasteiger partial charge on any atom is -0.491 e. The molecule has 4 heteroatoms. The van der Waals surface area contributed by atoms with Crippen LogP contribution in [0.25, 0.3) is 0 Å². The number of aliphatic hydroxyl groups excluding tert-OH is 2. The van der Waals surface area contributed by atoms with Crippen molar-refractivity contribution in [2.24, 2.45) is 0 Å². The molecule has 84 valence electrons. The van der Waals surface area contributed by atoms with Gasteiger partial charge in [0.05, 0.1) is 12.2 Å². The summed E-state index contributed by atoms with van der Waals surface area (Å²) in [4.78, 5) is 0. The monoisotopic (exact) mass is 214 g/mol. The summed E-state index contributed by atoms with van der Waals surface area (Å²) >= 11 is 0. The highest BCUT2D eigenvalue weighted by Gasteiger charge is 2.09. The van der Waals surface area contributed by atoms with Gasteiger partial charge in [0.15, 0.2) is 0 Å². The van der Waals surface area contributed by atoms with Crippen LogP contribution >= 0.6 is 0 Å². The first-order chi connectivity index (χ1) is 7.00. The molecule has 0 spiro atoms. The van der Waals surface area contributed by atoms with Crippen LogP contribution < -0.4 is 4.74 Å². The van der Waals surface area contributed by atoms with Crippen LogP contribution in [0, 0.1) is 5.82 Å². The van der Waals surface area contributed by atoms with Crippen molar-refractivity contribution in [3.8, 4) is 5.75 Å². The Kier molecular flexibility index (Phi) is 4.05. The summed E-state index contributed by atoms with van der Waals surface area (Å²) < 4.78 is 18.4. The van der Waals surface area contributed by atoms with Gasteiger partial charge in [0.1, 0.15) is 18.2 Å². The zero-order chi connectivity index (χ0) is 11.4. The average molecular weight is 214 g/mol. The highest BCUT2D eigenvalue weighted by Crippen LogP contribution is 2.21. The van der Waals surface area contributed by atoms with E-state index in [0.717, 1.165) is 0 Å². The minimum atomic E-state index is -0.837. The summed E-state index contributed by atoms with van der Waals surface area (Å²) in [6.45, 7) is 3.20. The highest BCUT2D eigenvalue weighted by atomic mass is 19.1. The van der Waals surface area contributed by atoms with E-state index in [1.807, 2.05) is 0 Å². The average Bonchev–Trinajstić information content (AvgIpc) is 2.14. The summed E-state index contributed by atoms with van der Waals surface area (Å²) in [6, 6.07) is 4.23. The molecule has 1 aromatic carbocycles. The largest absolute Gasteiger partial charge is 0.491 e. The van der Waals surface area contributed by atoms with Gasteiger partial charge < -0.3 is 14.9 Å². The Bertz CT molecular complexity index is 324. The predicted octanol–water partition coefficient (Wildman–Crippen LogP) is 1.64. The van der Waals surface area contributed by atoms with Crippen molar-refractivity contribution in [2.45, 2.75) is 26.1 Å². The second-order valence-electron chi connectivity index (χ2n) is 3.52. The molecule has 3 nitrogen and oxygen atoms in total. The minimum absolute atomic E-state index is 0.119. The van der Waals surface area contributed by atoms with E-state index in [-0.39, 0.29) is 12.2 Å². The number of hydrogen-bond donors (Lipinski definition) is 2. The molecule has 15 heavy (non-hydrogen) atoms. The van der Waals surface area contributed by atoms with Crippen molar-refractivity contribution < 1.29 is 19.3 Å². The molecule has 0 saturated carbocycles. The molecule has 0 bridgehead atoms. The third-order valence-electron chi connectivity index (χ3n) is 1.91. The SMILES string of the molecule is CC(O)COc1ccc([C@@H](C)O)c(F)c1. The predicted molar refractivity (Wildman–Crippen MR) is 54.2 cm³/mol. The zero-order valence-electron chi connectivity index (χ0n) is 8.77. The van der Waals surface area contributed by atoms with Crippen molar-refractivity contribution in [2.75, 3.05) is 6.61 Å². The summed E-state index contributed by atoms with van der Waals surface area (Å²) in [5.41, 5.74) is 0.236. The molecule has 0 aliphatic heterocycles. The van der Waals surface area contributed by atoms with Crippen molar-refractivity contribution in [3.05, 3.63) is 29.6 Å². The number of benzene rings is 1. The molecule has 0 amide bonds. The molecule has 0 heterocycles. The third-order valence-corrected chi connectivity index (χ3v) is 1.91. The van der Waals surface area contributed by atoms with Crippen molar-refractivity contribution >= 4 is 0 Å². The molecule has 1 unspecified atom stereocenters. The Balaban J connectivity index is 2.73. The fourth-order valence-corrected chi connectivity index (χ4v) is 1.15. The van der Waals surface area contributed by atoms with Gasteiger partial charge in [0, 0.05) is 11.6 Å². The molecule has 0 fully saturated rings. The maximum Gasteiger partial charge on any atom is 0.132 e. The molecule has 1 aromatic rings. The lowest BCUT2D eigenvalue weighted by molar-refractivity contribution is 0.122. The van der Waals surface area contributed by atoms with Gasteiger partial charge in [-0.1, -0.05) is 0 Å². The quantitative estimate of drug-likeness (QED) is 0.801. The van der Waals surface area contributed by atoms with Gasteiger partial charge in [-0.3, -0.25) is 0 Å². The molecule has 0 aliphatic rings. The lowest BCUT2D eigenvalue weighted by Gasteiger charge is -2.10. The van der Waals surface area contributed by atoms with Gasteiger partial charge in [-0.25, -0.2) is 4.39 Å². The van der Waals surface area contributed by atoms with Gasteiger partial charge >= 0.3 is 0 Å². The number of rotatable bonds is 4. The summed E-state index contributed by atoms with van der Waals surface area (Å²) in [6.07, 6.45) is -1.43. The van der Waals surface area contributed by atoms with Crippen LogP contribution in [-0.4, -0.2) is 22.9 Å². The van der Waals surface area contributed by atoms with E-state index in [1.54, 1.807) is 13.0 Å². The molecular weight excluding hydrogens is 199 g/mol. The van der Waals surface area contributed by atoms with Crippen LogP contribution in [0.1, 0.15) is 25.5 Å². The van der Waals surface area contributed by atoms with Crippen LogP contribution in [-0.2, 0) is 0 Å². The Labute approximate surface area is 88.1 Å². The van der Waals surface area contributed by atoms with Crippen molar-refractivity contribution in [1.29, 1.82) is 0 Å². The Morgan fingerprint density at radius 2 is 2.00 bits per heavy atom. The smallest absolute Gasteiger partial charge is 0.132 e. The van der Waals surface area contributed by atoms with Gasteiger partial charge in [-0.2, -0.15) is 0 Å². The van der Waals surface area contributed by atoms with Gasteiger partial charge in [-0.15, -0.1) is 0 Å². The summed E-state index contributed by atoms with van der Waals surface area (Å²) in [7, 11) is 0. The van der Waals surface area contributed by atoms with E-state index >= 15 is 0 Å². The van der Waals surface area contributed by atoms with Gasteiger partial charge in [0.2, 0.25) is 0 Å². The molecular formula is C11H15FO3. The van der Waals surface area contributed by atoms with Crippen LogP contribution in [0.15, 0.2) is 18.2 Å². The third kappa shape index (κ3) is 3.49. The number of halogens is 1.